The molecular formula is C23H28BrClN2O4. The maximum absolute atomic E-state index is 13.2. The fourth-order valence-electron chi connectivity index (χ4n) is 3.04. The summed E-state index contributed by atoms with van der Waals surface area (Å²) in [5.41, 5.74) is 0.881. The number of methoxy groups -OCH3 is 1. The molecular weight excluding hydrogens is 484 g/mol. The van der Waals surface area contributed by atoms with Gasteiger partial charge in [-0.2, -0.15) is 0 Å². The Kier molecular flexibility index (Phi) is 9.65. The van der Waals surface area contributed by atoms with E-state index in [-0.39, 0.29) is 31.0 Å². The second-order valence-corrected chi connectivity index (χ2v) is 8.64. The number of nitrogens with zero attached hydrogens (tertiary/aromatic N) is 1. The number of amides is 2. The van der Waals surface area contributed by atoms with E-state index in [4.69, 9.17) is 21.1 Å². The summed E-state index contributed by atoms with van der Waals surface area (Å²) in [4.78, 5) is 27.5. The Morgan fingerprint density at radius 3 is 2.39 bits per heavy atom. The van der Waals surface area contributed by atoms with E-state index in [9.17, 15) is 9.59 Å². The zero-order valence-electron chi connectivity index (χ0n) is 18.2. The molecule has 0 aliphatic carbocycles. The van der Waals surface area contributed by atoms with E-state index < -0.39 is 6.04 Å². The van der Waals surface area contributed by atoms with Crippen molar-refractivity contribution in [2.75, 3.05) is 13.7 Å². The van der Waals surface area contributed by atoms with Gasteiger partial charge < -0.3 is 19.7 Å². The number of hydrogen-bond donors (Lipinski definition) is 1. The van der Waals surface area contributed by atoms with Crippen molar-refractivity contribution in [3.63, 3.8) is 0 Å². The van der Waals surface area contributed by atoms with Crippen LogP contribution in [0, 0.1) is 0 Å². The summed E-state index contributed by atoms with van der Waals surface area (Å²) in [5, 5.41) is 3.30. The van der Waals surface area contributed by atoms with Gasteiger partial charge in [0.15, 0.2) is 6.61 Å². The van der Waals surface area contributed by atoms with Crippen LogP contribution < -0.4 is 14.8 Å². The minimum atomic E-state index is -0.624. The Labute approximate surface area is 197 Å². The van der Waals surface area contributed by atoms with E-state index in [0.717, 1.165) is 15.8 Å². The molecule has 8 heteroatoms. The number of carbonyl (C=O) groups is 2. The monoisotopic (exact) mass is 510 g/mol. The van der Waals surface area contributed by atoms with Crippen LogP contribution in [0.4, 0.5) is 0 Å². The van der Waals surface area contributed by atoms with E-state index in [1.54, 1.807) is 30.2 Å². The van der Waals surface area contributed by atoms with Gasteiger partial charge in [-0.1, -0.05) is 46.6 Å². The first-order valence-electron chi connectivity index (χ1n) is 10.1. The Hall–Kier alpha value is -2.25. The van der Waals surface area contributed by atoms with Gasteiger partial charge in [-0.25, -0.2) is 0 Å². The lowest BCUT2D eigenvalue weighted by Crippen LogP contribution is -2.51. The zero-order valence-corrected chi connectivity index (χ0v) is 20.5. The highest BCUT2D eigenvalue weighted by Crippen LogP contribution is 2.28. The SMILES string of the molecule is CC[C@H](C(=O)NC(C)C)N(Cc1ccc(OC)cc1)C(=O)COc1ccc(Br)cc1Cl. The first-order chi connectivity index (χ1) is 14.7. The van der Waals surface area contributed by atoms with Gasteiger partial charge in [-0.05, 0) is 56.2 Å². The molecule has 0 bridgehead atoms. The molecule has 0 fully saturated rings. The molecule has 6 nitrogen and oxygen atoms in total. The molecule has 0 unspecified atom stereocenters. The molecule has 1 N–H and O–H groups in total. The van der Waals surface area contributed by atoms with Crippen LogP contribution in [0.2, 0.25) is 5.02 Å². The van der Waals surface area contributed by atoms with Crippen molar-refractivity contribution < 1.29 is 19.1 Å². The van der Waals surface area contributed by atoms with Crippen LogP contribution in [0.5, 0.6) is 11.5 Å². The van der Waals surface area contributed by atoms with Crippen molar-refractivity contribution in [2.24, 2.45) is 0 Å². The molecule has 0 saturated heterocycles. The number of halogens is 2. The van der Waals surface area contributed by atoms with E-state index >= 15 is 0 Å². The lowest BCUT2D eigenvalue weighted by Gasteiger charge is -2.31. The third-order valence-corrected chi connectivity index (χ3v) is 5.36. The fourth-order valence-corrected chi connectivity index (χ4v) is 3.77. The predicted molar refractivity (Wildman–Crippen MR) is 126 cm³/mol. The van der Waals surface area contributed by atoms with Crippen molar-refractivity contribution >= 4 is 39.3 Å². The number of hydrogen-bond acceptors (Lipinski definition) is 4. The normalized spacial score (nSPS) is 11.7. The summed E-state index contributed by atoms with van der Waals surface area (Å²) in [6, 6.07) is 11.9. The lowest BCUT2D eigenvalue weighted by molar-refractivity contribution is -0.143. The van der Waals surface area contributed by atoms with Gasteiger partial charge in [0.05, 0.1) is 12.1 Å². The van der Waals surface area contributed by atoms with Crippen molar-refractivity contribution in [3.8, 4) is 11.5 Å². The molecule has 0 aromatic heterocycles. The van der Waals surface area contributed by atoms with E-state index in [0.29, 0.717) is 17.2 Å². The molecule has 2 aromatic rings. The highest BCUT2D eigenvalue weighted by Gasteiger charge is 2.29. The van der Waals surface area contributed by atoms with Crippen LogP contribution in [0.25, 0.3) is 0 Å². The van der Waals surface area contributed by atoms with Crippen molar-refractivity contribution in [3.05, 3.63) is 57.5 Å². The van der Waals surface area contributed by atoms with Crippen LogP contribution in [0.1, 0.15) is 32.8 Å². The maximum Gasteiger partial charge on any atom is 0.261 e. The highest BCUT2D eigenvalue weighted by atomic mass is 79.9. The molecule has 0 heterocycles. The highest BCUT2D eigenvalue weighted by molar-refractivity contribution is 9.10. The number of benzene rings is 2. The minimum absolute atomic E-state index is 0.0303. The van der Waals surface area contributed by atoms with Gasteiger partial charge in [-0.15, -0.1) is 0 Å². The molecule has 0 saturated carbocycles. The summed E-state index contributed by atoms with van der Waals surface area (Å²) in [5.74, 6) is 0.628. The average Bonchev–Trinajstić information content (AvgIpc) is 2.72. The third kappa shape index (κ3) is 7.43. The van der Waals surface area contributed by atoms with Gasteiger partial charge in [0.25, 0.3) is 5.91 Å². The van der Waals surface area contributed by atoms with Crippen molar-refractivity contribution in [1.29, 1.82) is 0 Å². The molecule has 2 amide bonds. The van der Waals surface area contributed by atoms with Crippen molar-refractivity contribution in [2.45, 2.75) is 45.8 Å². The zero-order chi connectivity index (χ0) is 23.0. The minimum Gasteiger partial charge on any atom is -0.497 e. The molecule has 2 aromatic carbocycles. The summed E-state index contributed by atoms with van der Waals surface area (Å²) < 4.78 is 11.7. The topological polar surface area (TPSA) is 67.9 Å². The van der Waals surface area contributed by atoms with Crippen LogP contribution in [0.15, 0.2) is 46.9 Å². The summed E-state index contributed by atoms with van der Waals surface area (Å²) in [7, 11) is 1.60. The third-order valence-electron chi connectivity index (χ3n) is 4.57. The second-order valence-electron chi connectivity index (χ2n) is 7.32. The molecule has 0 aliphatic heterocycles. The standard InChI is InChI=1S/C23H28BrClN2O4/c1-5-20(23(29)26-15(2)3)27(13-16-6-9-18(30-4)10-7-16)22(28)14-31-21-11-8-17(24)12-19(21)25/h6-12,15,20H,5,13-14H2,1-4H3,(H,26,29)/t20-/m1/s1. The smallest absolute Gasteiger partial charge is 0.261 e. The van der Waals surface area contributed by atoms with Gasteiger partial charge in [0, 0.05) is 17.1 Å². The van der Waals surface area contributed by atoms with Gasteiger partial charge in [0.1, 0.15) is 17.5 Å². The predicted octanol–water partition coefficient (Wildman–Crippen LogP) is 4.82. The Morgan fingerprint density at radius 1 is 1.16 bits per heavy atom. The molecule has 1 atom stereocenters. The average molecular weight is 512 g/mol. The van der Waals surface area contributed by atoms with Crippen molar-refractivity contribution in [1.82, 2.24) is 10.2 Å². The van der Waals surface area contributed by atoms with Crippen LogP contribution >= 0.6 is 27.5 Å². The van der Waals surface area contributed by atoms with Crippen LogP contribution in [-0.4, -0.2) is 42.5 Å². The lowest BCUT2D eigenvalue weighted by atomic mass is 10.1. The van der Waals surface area contributed by atoms with Gasteiger partial charge in [0.2, 0.25) is 5.91 Å². The van der Waals surface area contributed by atoms with E-state index in [2.05, 4.69) is 21.2 Å². The molecule has 168 valence electrons. The summed E-state index contributed by atoms with van der Waals surface area (Å²) in [6.07, 6.45) is 0.472. The van der Waals surface area contributed by atoms with Crippen LogP contribution in [0.3, 0.4) is 0 Å². The Balaban J connectivity index is 2.23. The first kappa shape index (κ1) is 25.0. The summed E-state index contributed by atoms with van der Waals surface area (Å²) in [6.45, 7) is 5.69. The number of ether oxygens (including phenoxy) is 2. The largest absolute Gasteiger partial charge is 0.497 e. The first-order valence-corrected chi connectivity index (χ1v) is 11.2. The number of carbonyl (C=O) groups excluding carboxylic acids is 2. The van der Waals surface area contributed by atoms with Gasteiger partial charge in [-0.3, -0.25) is 9.59 Å². The van der Waals surface area contributed by atoms with E-state index in [1.807, 2.05) is 45.0 Å². The fraction of sp³-hybridized carbons (Fsp3) is 0.391. The van der Waals surface area contributed by atoms with E-state index in [1.165, 1.54) is 0 Å². The molecule has 31 heavy (non-hydrogen) atoms. The maximum atomic E-state index is 13.2. The van der Waals surface area contributed by atoms with Crippen LogP contribution in [-0.2, 0) is 16.1 Å². The molecule has 0 aliphatic rings. The Morgan fingerprint density at radius 2 is 1.84 bits per heavy atom. The molecule has 0 radical (unpaired) electrons. The number of nitrogens with one attached hydrogen (secondary N) is 1. The quantitative estimate of drug-likeness (QED) is 0.496. The Bertz CT molecular complexity index is 890. The van der Waals surface area contributed by atoms with Gasteiger partial charge >= 0.3 is 0 Å². The summed E-state index contributed by atoms with van der Waals surface area (Å²) >= 11 is 9.53. The molecule has 2 rings (SSSR count). The molecule has 0 spiro atoms. The number of rotatable bonds is 10. The second kappa shape index (κ2) is 12.0.